The maximum absolute atomic E-state index is 11.4. The summed E-state index contributed by atoms with van der Waals surface area (Å²) in [6.07, 6.45) is 2.49. The lowest BCUT2D eigenvalue weighted by Crippen LogP contribution is -2.10. The zero-order chi connectivity index (χ0) is 11.5. The molecule has 86 valence electrons. The normalized spacial score (nSPS) is 14.8. The SMILES string of the molecule is CCCc1cc(Br)c2c(c1)NC(=O)CCO2. The smallest absolute Gasteiger partial charge is 0.227 e. The van der Waals surface area contributed by atoms with E-state index in [9.17, 15) is 4.79 Å². The van der Waals surface area contributed by atoms with Crippen LogP contribution in [0.15, 0.2) is 16.6 Å². The summed E-state index contributed by atoms with van der Waals surface area (Å²) in [5.41, 5.74) is 1.99. The van der Waals surface area contributed by atoms with Crippen molar-refractivity contribution in [3.63, 3.8) is 0 Å². The quantitative estimate of drug-likeness (QED) is 0.906. The Kier molecular flexibility index (Phi) is 3.49. The van der Waals surface area contributed by atoms with Crippen molar-refractivity contribution in [2.24, 2.45) is 0 Å². The van der Waals surface area contributed by atoms with Gasteiger partial charge in [-0.1, -0.05) is 13.3 Å². The van der Waals surface area contributed by atoms with E-state index in [-0.39, 0.29) is 5.91 Å². The molecule has 1 N–H and O–H groups in total. The van der Waals surface area contributed by atoms with Gasteiger partial charge in [-0.15, -0.1) is 0 Å². The lowest BCUT2D eigenvalue weighted by molar-refractivity contribution is -0.116. The van der Waals surface area contributed by atoms with Gasteiger partial charge in [-0.25, -0.2) is 0 Å². The van der Waals surface area contributed by atoms with Crippen LogP contribution >= 0.6 is 15.9 Å². The number of carbonyl (C=O) groups is 1. The zero-order valence-electron chi connectivity index (χ0n) is 9.18. The van der Waals surface area contributed by atoms with Gasteiger partial charge >= 0.3 is 0 Å². The lowest BCUT2D eigenvalue weighted by atomic mass is 10.1. The molecule has 0 radical (unpaired) electrons. The highest BCUT2D eigenvalue weighted by Gasteiger charge is 2.17. The number of aryl methyl sites for hydroxylation is 1. The second-order valence-corrected chi connectivity index (χ2v) is 4.71. The summed E-state index contributed by atoms with van der Waals surface area (Å²) in [5.74, 6) is 0.755. The Morgan fingerprint density at radius 2 is 2.31 bits per heavy atom. The summed E-state index contributed by atoms with van der Waals surface area (Å²) in [5, 5.41) is 2.87. The Balaban J connectivity index is 2.39. The van der Waals surface area contributed by atoms with Crippen molar-refractivity contribution in [3.8, 4) is 5.75 Å². The molecule has 0 saturated carbocycles. The maximum atomic E-state index is 11.4. The van der Waals surface area contributed by atoms with E-state index >= 15 is 0 Å². The average molecular weight is 284 g/mol. The fraction of sp³-hybridized carbons (Fsp3) is 0.417. The van der Waals surface area contributed by atoms with Gasteiger partial charge in [0, 0.05) is 0 Å². The second kappa shape index (κ2) is 4.87. The molecule has 0 atom stereocenters. The standard InChI is InChI=1S/C12H14BrNO2/c1-2-3-8-6-9(13)12-10(7-8)14-11(15)4-5-16-12/h6-7H,2-5H2,1H3,(H,14,15). The molecule has 0 fully saturated rings. The van der Waals surface area contributed by atoms with Crippen LogP contribution in [0, 0.1) is 0 Å². The molecule has 0 aromatic heterocycles. The van der Waals surface area contributed by atoms with Crippen LogP contribution in [-0.2, 0) is 11.2 Å². The van der Waals surface area contributed by atoms with Crippen LogP contribution in [0.4, 0.5) is 5.69 Å². The molecule has 0 unspecified atom stereocenters. The van der Waals surface area contributed by atoms with Crippen LogP contribution in [0.1, 0.15) is 25.3 Å². The predicted octanol–water partition coefficient (Wildman–Crippen LogP) is 3.12. The third-order valence-electron chi connectivity index (χ3n) is 2.49. The molecule has 0 bridgehead atoms. The van der Waals surface area contributed by atoms with Crippen LogP contribution in [0.3, 0.4) is 0 Å². The molecule has 1 aromatic rings. The molecule has 0 spiro atoms. The van der Waals surface area contributed by atoms with E-state index in [1.165, 1.54) is 5.56 Å². The molecule has 1 aliphatic heterocycles. The number of hydrogen-bond donors (Lipinski definition) is 1. The van der Waals surface area contributed by atoms with Gasteiger partial charge in [0.05, 0.1) is 23.2 Å². The van der Waals surface area contributed by atoms with Crippen molar-refractivity contribution in [3.05, 3.63) is 22.2 Å². The highest BCUT2D eigenvalue weighted by Crippen LogP contribution is 2.36. The van der Waals surface area contributed by atoms with Crippen molar-refractivity contribution < 1.29 is 9.53 Å². The number of amides is 1. The number of ether oxygens (including phenoxy) is 1. The predicted molar refractivity (Wildman–Crippen MR) is 66.9 cm³/mol. The first kappa shape index (κ1) is 11.5. The first-order valence-corrected chi connectivity index (χ1v) is 6.25. The summed E-state index contributed by atoms with van der Waals surface area (Å²) >= 11 is 3.48. The Bertz CT molecular complexity index is 418. The van der Waals surface area contributed by atoms with Gasteiger partial charge in [0.15, 0.2) is 5.75 Å². The van der Waals surface area contributed by atoms with E-state index in [1.54, 1.807) is 0 Å². The summed E-state index contributed by atoms with van der Waals surface area (Å²) in [6, 6.07) is 4.05. The first-order valence-electron chi connectivity index (χ1n) is 5.45. The number of nitrogens with one attached hydrogen (secondary N) is 1. The van der Waals surface area contributed by atoms with E-state index in [0.717, 1.165) is 28.8 Å². The average Bonchev–Trinajstić information content (AvgIpc) is 2.40. The maximum Gasteiger partial charge on any atom is 0.227 e. The largest absolute Gasteiger partial charge is 0.490 e. The summed E-state index contributed by atoms with van der Waals surface area (Å²) in [7, 11) is 0. The number of hydrogen-bond acceptors (Lipinski definition) is 2. The van der Waals surface area contributed by atoms with E-state index < -0.39 is 0 Å². The van der Waals surface area contributed by atoms with Gasteiger partial charge in [-0.3, -0.25) is 4.79 Å². The van der Waals surface area contributed by atoms with E-state index in [1.807, 2.05) is 6.07 Å². The van der Waals surface area contributed by atoms with Crippen LogP contribution in [0.25, 0.3) is 0 Å². The Morgan fingerprint density at radius 3 is 3.06 bits per heavy atom. The van der Waals surface area contributed by atoms with Crippen LogP contribution in [-0.4, -0.2) is 12.5 Å². The van der Waals surface area contributed by atoms with E-state index in [0.29, 0.717) is 13.0 Å². The molecule has 1 amide bonds. The van der Waals surface area contributed by atoms with Gasteiger partial charge in [0.2, 0.25) is 5.91 Å². The minimum absolute atomic E-state index is 0.0132. The van der Waals surface area contributed by atoms with Crippen LogP contribution < -0.4 is 10.1 Å². The fourth-order valence-corrected chi connectivity index (χ4v) is 2.40. The minimum Gasteiger partial charge on any atom is -0.490 e. The number of anilines is 1. The monoisotopic (exact) mass is 283 g/mol. The van der Waals surface area contributed by atoms with Crippen molar-refractivity contribution in [1.29, 1.82) is 0 Å². The second-order valence-electron chi connectivity index (χ2n) is 3.85. The Hall–Kier alpha value is -1.03. The molecule has 0 aliphatic carbocycles. The van der Waals surface area contributed by atoms with Gasteiger partial charge < -0.3 is 10.1 Å². The topological polar surface area (TPSA) is 38.3 Å². The van der Waals surface area contributed by atoms with Crippen LogP contribution in [0.5, 0.6) is 5.75 Å². The molecule has 4 heteroatoms. The molecular formula is C12H14BrNO2. The number of carbonyl (C=O) groups excluding carboxylic acids is 1. The van der Waals surface area contributed by atoms with Crippen molar-refractivity contribution in [2.45, 2.75) is 26.2 Å². The van der Waals surface area contributed by atoms with Gasteiger partial charge in [0.25, 0.3) is 0 Å². The molecule has 16 heavy (non-hydrogen) atoms. The van der Waals surface area contributed by atoms with Crippen LogP contribution in [0.2, 0.25) is 0 Å². The summed E-state index contributed by atoms with van der Waals surface area (Å²) in [4.78, 5) is 11.4. The molecule has 1 heterocycles. The van der Waals surface area contributed by atoms with Gasteiger partial charge in [-0.05, 0) is 40.0 Å². The zero-order valence-corrected chi connectivity index (χ0v) is 10.8. The van der Waals surface area contributed by atoms with Gasteiger partial charge in [0.1, 0.15) is 0 Å². The molecule has 1 aromatic carbocycles. The van der Waals surface area contributed by atoms with Crippen molar-refractivity contribution >= 4 is 27.5 Å². The number of benzene rings is 1. The third kappa shape index (κ3) is 2.38. The summed E-state index contributed by atoms with van der Waals surface area (Å²) < 4.78 is 6.47. The minimum atomic E-state index is 0.0132. The number of fused-ring (bicyclic) bond motifs is 1. The lowest BCUT2D eigenvalue weighted by Gasteiger charge is -2.11. The molecule has 2 rings (SSSR count). The number of halogens is 1. The summed E-state index contributed by atoms with van der Waals surface area (Å²) in [6.45, 7) is 2.57. The number of rotatable bonds is 2. The van der Waals surface area contributed by atoms with E-state index in [4.69, 9.17) is 4.74 Å². The first-order chi connectivity index (χ1) is 7.70. The van der Waals surface area contributed by atoms with Crippen molar-refractivity contribution in [2.75, 3.05) is 11.9 Å². The van der Waals surface area contributed by atoms with Gasteiger partial charge in [-0.2, -0.15) is 0 Å². The highest BCUT2D eigenvalue weighted by atomic mass is 79.9. The van der Waals surface area contributed by atoms with E-state index in [2.05, 4.69) is 34.2 Å². The molecule has 3 nitrogen and oxygen atoms in total. The molecule has 1 aliphatic rings. The Labute approximate surface area is 103 Å². The molecule has 0 saturated heterocycles. The third-order valence-corrected chi connectivity index (χ3v) is 3.08. The fourth-order valence-electron chi connectivity index (χ4n) is 1.78. The molecular weight excluding hydrogens is 270 g/mol. The Morgan fingerprint density at radius 1 is 1.50 bits per heavy atom. The van der Waals surface area contributed by atoms with Crippen molar-refractivity contribution in [1.82, 2.24) is 0 Å². The highest BCUT2D eigenvalue weighted by molar-refractivity contribution is 9.10.